The van der Waals surface area contributed by atoms with Gasteiger partial charge in [-0.05, 0) is 65.9 Å². The Bertz CT molecular complexity index is 1300. The fourth-order valence-corrected chi connectivity index (χ4v) is 4.60. The summed E-state index contributed by atoms with van der Waals surface area (Å²) in [5, 5.41) is 22.8. The van der Waals surface area contributed by atoms with E-state index in [-0.39, 0.29) is 24.6 Å². The molecule has 0 saturated heterocycles. The standard InChI is InChI=1S/C29H31N3O5/c1-18-6-4-7-19(2)27(18)20-10-12-21(13-11-20)29(36)32-17-23(31-37-3)15-25(32)28(35)30-16-26(34)22-8-5-9-24(33)14-22/h4-14,17,25-26,31,33-34H,15-16H2,1-3H3,(H,30,35). The van der Waals surface area contributed by atoms with Gasteiger partial charge in [0, 0.05) is 24.7 Å². The summed E-state index contributed by atoms with van der Waals surface area (Å²) in [7, 11) is 1.46. The Morgan fingerprint density at radius 2 is 1.73 bits per heavy atom. The SMILES string of the molecule is CONC1=CN(C(=O)c2ccc(-c3c(C)cccc3C)cc2)C(C(=O)NCC(O)c2cccc(O)c2)C1. The number of aromatic hydroxyl groups is 1. The zero-order chi connectivity index (χ0) is 26.5. The van der Waals surface area contributed by atoms with E-state index in [2.05, 4.69) is 36.8 Å². The number of phenols is 1. The second-order valence-electron chi connectivity index (χ2n) is 9.09. The number of benzene rings is 3. The molecule has 4 rings (SSSR count). The molecule has 3 aromatic carbocycles. The first-order chi connectivity index (χ1) is 17.8. The number of hydrogen-bond acceptors (Lipinski definition) is 6. The van der Waals surface area contributed by atoms with Gasteiger partial charge in [-0.25, -0.2) is 0 Å². The third-order valence-corrected chi connectivity index (χ3v) is 6.44. The van der Waals surface area contributed by atoms with Crippen molar-refractivity contribution < 1.29 is 24.6 Å². The first kappa shape index (κ1) is 25.9. The van der Waals surface area contributed by atoms with Crippen molar-refractivity contribution in [1.29, 1.82) is 0 Å². The summed E-state index contributed by atoms with van der Waals surface area (Å²) in [4.78, 5) is 32.9. The molecule has 192 valence electrons. The topological polar surface area (TPSA) is 111 Å². The zero-order valence-corrected chi connectivity index (χ0v) is 21.1. The summed E-state index contributed by atoms with van der Waals surface area (Å²) >= 11 is 0. The van der Waals surface area contributed by atoms with Crippen LogP contribution >= 0.6 is 0 Å². The molecule has 0 spiro atoms. The summed E-state index contributed by atoms with van der Waals surface area (Å²) in [6.07, 6.45) is 0.790. The second kappa shape index (κ2) is 11.3. The molecule has 8 heteroatoms. The van der Waals surface area contributed by atoms with Crippen molar-refractivity contribution in [2.75, 3.05) is 13.7 Å². The van der Waals surface area contributed by atoms with Gasteiger partial charge in [-0.15, -0.1) is 0 Å². The molecule has 37 heavy (non-hydrogen) atoms. The minimum atomic E-state index is -1.01. The fourth-order valence-electron chi connectivity index (χ4n) is 4.60. The summed E-state index contributed by atoms with van der Waals surface area (Å²) in [6.45, 7) is 4.04. The molecule has 0 saturated carbocycles. The van der Waals surface area contributed by atoms with Crippen molar-refractivity contribution in [3.05, 3.63) is 101 Å². The molecule has 0 bridgehead atoms. The minimum absolute atomic E-state index is 0.0264. The summed E-state index contributed by atoms with van der Waals surface area (Å²) in [5.41, 5.74) is 8.68. The van der Waals surface area contributed by atoms with Gasteiger partial charge in [-0.2, -0.15) is 0 Å². The molecule has 1 aliphatic rings. The molecule has 4 N–H and O–H groups in total. The van der Waals surface area contributed by atoms with E-state index >= 15 is 0 Å². The molecule has 8 nitrogen and oxygen atoms in total. The molecule has 0 radical (unpaired) electrons. The van der Waals surface area contributed by atoms with Crippen LogP contribution in [0.4, 0.5) is 0 Å². The van der Waals surface area contributed by atoms with Crippen molar-refractivity contribution in [3.8, 4) is 16.9 Å². The van der Waals surface area contributed by atoms with E-state index in [1.54, 1.807) is 30.5 Å². The normalized spacial score (nSPS) is 15.7. The van der Waals surface area contributed by atoms with Gasteiger partial charge in [0.2, 0.25) is 5.91 Å². The first-order valence-electron chi connectivity index (χ1n) is 12.0. The van der Waals surface area contributed by atoms with Crippen molar-refractivity contribution in [2.45, 2.75) is 32.4 Å². The van der Waals surface area contributed by atoms with Crippen LogP contribution in [0.3, 0.4) is 0 Å². The van der Waals surface area contributed by atoms with Crippen LogP contribution in [-0.2, 0) is 9.63 Å². The smallest absolute Gasteiger partial charge is 0.258 e. The third kappa shape index (κ3) is 5.82. The predicted octanol–water partition coefficient (Wildman–Crippen LogP) is 3.73. The molecule has 1 aliphatic heterocycles. The van der Waals surface area contributed by atoms with Gasteiger partial charge in [0.25, 0.3) is 5.91 Å². The Balaban J connectivity index is 1.50. The van der Waals surface area contributed by atoms with Gasteiger partial charge in [0.05, 0.1) is 18.9 Å². The van der Waals surface area contributed by atoms with Crippen molar-refractivity contribution >= 4 is 11.8 Å². The van der Waals surface area contributed by atoms with Crippen LogP contribution in [0.25, 0.3) is 11.1 Å². The number of nitrogens with zero attached hydrogens (tertiary/aromatic N) is 1. The lowest BCUT2D eigenvalue weighted by atomic mass is 9.95. The van der Waals surface area contributed by atoms with Crippen molar-refractivity contribution in [2.24, 2.45) is 0 Å². The Morgan fingerprint density at radius 1 is 1.05 bits per heavy atom. The number of rotatable bonds is 8. The lowest BCUT2D eigenvalue weighted by Gasteiger charge is -2.24. The lowest BCUT2D eigenvalue weighted by Crippen LogP contribution is -2.46. The Hall–Kier alpha value is -4.14. The number of amides is 2. The molecule has 3 aromatic rings. The van der Waals surface area contributed by atoms with Crippen LogP contribution < -0.4 is 10.8 Å². The molecule has 2 atom stereocenters. The molecular formula is C29H31N3O5. The average molecular weight is 502 g/mol. The summed E-state index contributed by atoms with van der Waals surface area (Å²) in [5.74, 6) is -0.711. The van der Waals surface area contributed by atoms with Crippen LogP contribution in [-0.4, -0.2) is 46.6 Å². The third-order valence-electron chi connectivity index (χ3n) is 6.44. The predicted molar refractivity (Wildman–Crippen MR) is 140 cm³/mol. The van der Waals surface area contributed by atoms with E-state index < -0.39 is 18.1 Å². The number of phenolic OH excluding ortho intramolecular Hbond substituents is 1. The highest BCUT2D eigenvalue weighted by atomic mass is 16.6. The van der Waals surface area contributed by atoms with Gasteiger partial charge in [0.1, 0.15) is 11.8 Å². The molecule has 2 amide bonds. The van der Waals surface area contributed by atoms with Crippen LogP contribution in [0.2, 0.25) is 0 Å². The van der Waals surface area contributed by atoms with E-state index in [0.29, 0.717) is 16.8 Å². The summed E-state index contributed by atoms with van der Waals surface area (Å²) < 4.78 is 0. The zero-order valence-electron chi connectivity index (χ0n) is 21.1. The highest BCUT2D eigenvalue weighted by molar-refractivity contribution is 5.99. The lowest BCUT2D eigenvalue weighted by molar-refractivity contribution is -0.125. The summed E-state index contributed by atoms with van der Waals surface area (Å²) in [6, 6.07) is 18.9. The quantitative estimate of drug-likeness (QED) is 0.350. The average Bonchev–Trinajstić information content (AvgIpc) is 3.31. The number of hydroxylamine groups is 1. The molecule has 0 fully saturated rings. The number of aryl methyl sites for hydroxylation is 2. The van der Waals surface area contributed by atoms with Gasteiger partial charge < -0.3 is 20.4 Å². The first-order valence-corrected chi connectivity index (χ1v) is 12.0. The van der Waals surface area contributed by atoms with Crippen LogP contribution in [0, 0.1) is 13.8 Å². The molecular weight excluding hydrogens is 470 g/mol. The monoisotopic (exact) mass is 501 g/mol. The number of aliphatic hydroxyl groups excluding tert-OH is 1. The number of nitrogens with one attached hydrogen (secondary N) is 2. The molecule has 1 heterocycles. The van der Waals surface area contributed by atoms with E-state index in [9.17, 15) is 19.8 Å². The Morgan fingerprint density at radius 3 is 2.38 bits per heavy atom. The molecule has 0 aliphatic carbocycles. The number of carbonyl (C=O) groups excluding carboxylic acids is 2. The molecule has 2 unspecified atom stereocenters. The van der Waals surface area contributed by atoms with Crippen molar-refractivity contribution in [3.63, 3.8) is 0 Å². The maximum atomic E-state index is 13.4. The number of carbonyl (C=O) groups is 2. The number of aliphatic hydroxyl groups is 1. The van der Waals surface area contributed by atoms with Crippen molar-refractivity contribution in [1.82, 2.24) is 15.7 Å². The van der Waals surface area contributed by atoms with Gasteiger partial charge >= 0.3 is 0 Å². The van der Waals surface area contributed by atoms with E-state index in [4.69, 9.17) is 4.84 Å². The van der Waals surface area contributed by atoms with Crippen LogP contribution in [0.15, 0.2) is 78.6 Å². The Labute approximate surface area is 216 Å². The Kier molecular flexibility index (Phi) is 7.91. The largest absolute Gasteiger partial charge is 0.508 e. The van der Waals surface area contributed by atoms with Crippen LogP contribution in [0.1, 0.15) is 39.6 Å². The van der Waals surface area contributed by atoms with Gasteiger partial charge in [-0.1, -0.05) is 42.5 Å². The van der Waals surface area contributed by atoms with E-state index in [1.165, 1.54) is 24.1 Å². The maximum Gasteiger partial charge on any atom is 0.258 e. The van der Waals surface area contributed by atoms with E-state index in [1.807, 2.05) is 18.2 Å². The molecule has 0 aromatic heterocycles. The minimum Gasteiger partial charge on any atom is -0.508 e. The fraction of sp³-hybridized carbons (Fsp3) is 0.241. The highest BCUT2D eigenvalue weighted by Crippen LogP contribution is 2.29. The maximum absolute atomic E-state index is 13.4. The van der Waals surface area contributed by atoms with Crippen LogP contribution in [0.5, 0.6) is 5.75 Å². The highest BCUT2D eigenvalue weighted by Gasteiger charge is 2.35. The van der Waals surface area contributed by atoms with E-state index in [0.717, 1.165) is 22.3 Å². The van der Waals surface area contributed by atoms with Gasteiger partial charge in [0.15, 0.2) is 0 Å². The number of hydrogen-bond donors (Lipinski definition) is 4. The second-order valence-corrected chi connectivity index (χ2v) is 9.09. The van der Waals surface area contributed by atoms with Gasteiger partial charge in [-0.3, -0.25) is 19.9 Å².